The van der Waals surface area contributed by atoms with Crippen molar-refractivity contribution in [2.24, 2.45) is 0 Å². The first-order valence-electron chi connectivity index (χ1n) is 13.1. The lowest BCUT2D eigenvalue weighted by Crippen LogP contribution is -2.13. The number of nitriles is 2. The lowest BCUT2D eigenvalue weighted by Gasteiger charge is -2.15. The van der Waals surface area contributed by atoms with Crippen LogP contribution in [-0.4, -0.2) is 0 Å². The fraction of sp³-hybridized carbons (Fsp3) is 0.182. The predicted molar refractivity (Wildman–Crippen MR) is 147 cm³/mol. The highest BCUT2D eigenvalue weighted by Gasteiger charge is 2.46. The third-order valence-corrected chi connectivity index (χ3v) is 7.17. The highest BCUT2D eigenvalue weighted by molar-refractivity contribution is 6.11. The maximum absolute atomic E-state index is 14.1. The number of aryl methyl sites for hydroxylation is 2. The Morgan fingerprint density at radius 2 is 0.917 bits per heavy atom. The molecular formula is C33H15F12N3. The second-order valence-corrected chi connectivity index (χ2v) is 10.4. The number of allylic oxidation sites excluding steroid dienone is 5. The molecule has 0 saturated heterocycles. The number of nitrogens with zero attached hydrogens (tertiary/aromatic N) is 3. The second-order valence-electron chi connectivity index (χ2n) is 10.4. The minimum atomic E-state index is -5.55. The van der Waals surface area contributed by atoms with E-state index in [2.05, 4.69) is 4.85 Å². The summed E-state index contributed by atoms with van der Waals surface area (Å²) in [5, 5.41) is 20.2. The van der Waals surface area contributed by atoms with Crippen LogP contribution in [0.5, 0.6) is 0 Å². The molecule has 4 rings (SSSR count). The van der Waals surface area contributed by atoms with Crippen LogP contribution >= 0.6 is 0 Å². The summed E-state index contributed by atoms with van der Waals surface area (Å²) >= 11 is 0. The van der Waals surface area contributed by atoms with Crippen molar-refractivity contribution in [3.63, 3.8) is 0 Å². The normalized spacial score (nSPS) is 15.7. The standard InChI is InChI=1S/C33H15F12N3/c1-15-4-7-18(23(10-15)31(37,38)39)21(13-46)26-27(22(14-47)19-8-5-16(2)11-24(19)32(40,41)42)28(26)29(48-3)20-9-6-17(30(34,35)36)12-25(20)33(43,44)45/h4-12H,1-2H3. The molecule has 15 heteroatoms. The zero-order valence-corrected chi connectivity index (χ0v) is 24.1. The summed E-state index contributed by atoms with van der Waals surface area (Å²) in [4.78, 5) is 2.99. The number of halogens is 12. The Kier molecular flexibility index (Phi) is 8.80. The van der Waals surface area contributed by atoms with Crippen molar-refractivity contribution in [3.05, 3.63) is 133 Å². The predicted octanol–water partition coefficient (Wildman–Crippen LogP) is 11.0. The van der Waals surface area contributed by atoms with Gasteiger partial charge in [-0.3, -0.25) is 0 Å². The van der Waals surface area contributed by atoms with Gasteiger partial charge in [-0.25, -0.2) is 4.85 Å². The maximum Gasteiger partial charge on any atom is 0.417 e. The van der Waals surface area contributed by atoms with Crippen LogP contribution in [0.3, 0.4) is 0 Å². The number of benzene rings is 3. The average molecular weight is 681 g/mol. The molecule has 0 amide bonds. The summed E-state index contributed by atoms with van der Waals surface area (Å²) in [6.07, 6.45) is -21.1. The van der Waals surface area contributed by atoms with Crippen molar-refractivity contribution in [2.75, 3.05) is 0 Å². The number of rotatable bonds is 3. The molecule has 1 aliphatic rings. The van der Waals surface area contributed by atoms with Crippen LogP contribution in [0.25, 0.3) is 21.7 Å². The molecule has 246 valence electrons. The maximum atomic E-state index is 14.1. The number of hydrogen-bond acceptors (Lipinski definition) is 2. The Morgan fingerprint density at radius 3 is 1.25 bits per heavy atom. The van der Waals surface area contributed by atoms with Gasteiger partial charge in [0.05, 0.1) is 40.0 Å². The molecule has 0 aromatic heterocycles. The van der Waals surface area contributed by atoms with Gasteiger partial charge in [-0.15, -0.1) is 0 Å². The Bertz CT molecular complexity index is 1970. The van der Waals surface area contributed by atoms with Crippen molar-refractivity contribution in [2.45, 2.75) is 38.6 Å². The Labute approximate surface area is 263 Å². The fourth-order valence-corrected chi connectivity index (χ4v) is 5.06. The average Bonchev–Trinajstić information content (AvgIpc) is 3.67. The van der Waals surface area contributed by atoms with Crippen LogP contribution in [-0.2, 0) is 24.7 Å². The number of hydrogen-bond donors (Lipinski definition) is 0. The van der Waals surface area contributed by atoms with Gasteiger partial charge >= 0.3 is 24.7 Å². The SMILES string of the molecule is [C-]#[N+]C(=C1C(=C(C#N)c2ccc(C)cc2C(F)(F)F)C1=C(C#N)c1ccc(C)cc1C(F)(F)F)c1ccc(C(F)(F)F)cc1C(F)(F)F. The Hall–Kier alpha value is -5.49. The molecule has 0 N–H and O–H groups in total. The van der Waals surface area contributed by atoms with Crippen LogP contribution < -0.4 is 0 Å². The van der Waals surface area contributed by atoms with E-state index >= 15 is 0 Å². The summed E-state index contributed by atoms with van der Waals surface area (Å²) in [6.45, 7) is 10.2. The molecular weight excluding hydrogens is 666 g/mol. The minimum Gasteiger partial charge on any atom is -0.237 e. The molecule has 0 radical (unpaired) electrons. The highest BCUT2D eigenvalue weighted by atomic mass is 19.4. The molecule has 0 unspecified atom stereocenters. The number of alkyl halides is 12. The van der Waals surface area contributed by atoms with Gasteiger partial charge < -0.3 is 0 Å². The smallest absolute Gasteiger partial charge is 0.237 e. The van der Waals surface area contributed by atoms with E-state index in [0.29, 0.717) is 12.1 Å². The van der Waals surface area contributed by atoms with Crippen molar-refractivity contribution in [1.82, 2.24) is 0 Å². The van der Waals surface area contributed by atoms with Gasteiger partial charge in [-0.1, -0.05) is 47.5 Å². The largest absolute Gasteiger partial charge is 0.417 e. The molecule has 3 nitrogen and oxygen atoms in total. The summed E-state index contributed by atoms with van der Waals surface area (Å²) < 4.78 is 167. The zero-order valence-electron chi connectivity index (χ0n) is 24.1. The van der Waals surface area contributed by atoms with E-state index in [1.54, 1.807) is 0 Å². The highest BCUT2D eigenvalue weighted by Crippen LogP contribution is 2.58. The van der Waals surface area contributed by atoms with Crippen LogP contribution in [0.1, 0.15) is 50.1 Å². The third-order valence-electron chi connectivity index (χ3n) is 7.17. The molecule has 3 aromatic rings. The minimum absolute atomic E-state index is 0.0595. The third kappa shape index (κ3) is 6.65. The van der Waals surface area contributed by atoms with E-state index in [1.807, 2.05) is 0 Å². The van der Waals surface area contributed by atoms with E-state index in [4.69, 9.17) is 6.57 Å². The van der Waals surface area contributed by atoms with Gasteiger partial charge in [0.25, 0.3) is 0 Å². The summed E-state index contributed by atoms with van der Waals surface area (Å²) in [5.41, 5.74) is -14.9. The first-order chi connectivity index (χ1) is 22.1. The molecule has 0 spiro atoms. The van der Waals surface area contributed by atoms with Crippen LogP contribution in [0.2, 0.25) is 0 Å². The van der Waals surface area contributed by atoms with E-state index in [9.17, 15) is 63.2 Å². The monoisotopic (exact) mass is 681 g/mol. The van der Waals surface area contributed by atoms with Crippen molar-refractivity contribution < 1.29 is 52.7 Å². The first-order valence-corrected chi connectivity index (χ1v) is 13.1. The van der Waals surface area contributed by atoms with E-state index in [0.717, 1.165) is 24.3 Å². The molecule has 3 aromatic carbocycles. The molecule has 0 bridgehead atoms. The molecule has 0 aliphatic heterocycles. The van der Waals surface area contributed by atoms with Gasteiger partial charge in [0.15, 0.2) is 0 Å². The molecule has 0 atom stereocenters. The van der Waals surface area contributed by atoms with Crippen LogP contribution in [0, 0.1) is 43.1 Å². The summed E-state index contributed by atoms with van der Waals surface area (Å²) in [7, 11) is 0. The molecule has 1 fully saturated rings. The molecule has 1 saturated carbocycles. The zero-order chi connectivity index (χ0) is 36.1. The van der Waals surface area contributed by atoms with E-state index in [1.165, 1.54) is 26.0 Å². The second kappa shape index (κ2) is 11.9. The quantitative estimate of drug-likeness (QED) is 0.157. The lowest BCUT2D eigenvalue weighted by molar-refractivity contribution is -0.143. The first kappa shape index (κ1) is 35.4. The van der Waals surface area contributed by atoms with Crippen LogP contribution in [0.15, 0.2) is 71.3 Å². The van der Waals surface area contributed by atoms with E-state index in [-0.39, 0.29) is 29.3 Å². The topological polar surface area (TPSA) is 51.9 Å². The lowest BCUT2D eigenvalue weighted by atomic mass is 9.95. The molecule has 48 heavy (non-hydrogen) atoms. The van der Waals surface area contributed by atoms with Crippen LogP contribution in [0.4, 0.5) is 52.7 Å². The van der Waals surface area contributed by atoms with Crippen molar-refractivity contribution >= 4 is 16.8 Å². The van der Waals surface area contributed by atoms with Gasteiger partial charge in [-0.2, -0.15) is 63.2 Å². The molecule has 1 aliphatic carbocycles. The van der Waals surface area contributed by atoms with Crippen molar-refractivity contribution in [1.29, 1.82) is 10.5 Å². The van der Waals surface area contributed by atoms with Gasteiger partial charge in [-0.05, 0) is 54.3 Å². The van der Waals surface area contributed by atoms with Gasteiger partial charge in [0, 0.05) is 11.1 Å². The summed E-state index contributed by atoms with van der Waals surface area (Å²) in [5.74, 6) is 0. The van der Waals surface area contributed by atoms with Gasteiger partial charge in [0.2, 0.25) is 5.70 Å². The Morgan fingerprint density at radius 1 is 0.542 bits per heavy atom. The molecule has 0 heterocycles. The van der Waals surface area contributed by atoms with E-state index < -0.39 is 97.2 Å². The Balaban J connectivity index is 2.27. The summed E-state index contributed by atoms with van der Waals surface area (Å²) in [6, 6.07) is 8.28. The fourth-order valence-electron chi connectivity index (χ4n) is 5.06. The van der Waals surface area contributed by atoms with Gasteiger partial charge in [0.1, 0.15) is 12.1 Å². The van der Waals surface area contributed by atoms with Crippen molar-refractivity contribution in [3.8, 4) is 12.1 Å².